The summed E-state index contributed by atoms with van der Waals surface area (Å²) in [5.74, 6) is 1.53. The zero-order valence-electron chi connectivity index (χ0n) is 16.9. The van der Waals surface area contributed by atoms with E-state index in [0.29, 0.717) is 18.9 Å². The van der Waals surface area contributed by atoms with Gasteiger partial charge in [0.2, 0.25) is 0 Å². The lowest BCUT2D eigenvalue weighted by Gasteiger charge is -2.16. The Kier molecular flexibility index (Phi) is 5.95. The predicted molar refractivity (Wildman–Crippen MR) is 120 cm³/mol. The summed E-state index contributed by atoms with van der Waals surface area (Å²) in [7, 11) is 0. The molecule has 2 heterocycles. The lowest BCUT2D eigenvalue weighted by atomic mass is 10.0. The quantitative estimate of drug-likeness (QED) is 0.335. The van der Waals surface area contributed by atoms with Crippen molar-refractivity contribution < 1.29 is 14.3 Å². The number of rotatable bonds is 8. The third kappa shape index (κ3) is 3.86. The number of nitrogens with zero attached hydrogens (tertiary/aromatic N) is 2. The molecule has 0 atom stereocenters. The molecule has 2 aromatic heterocycles. The predicted octanol–water partition coefficient (Wildman–Crippen LogP) is 5.88. The molecule has 4 aromatic rings. The summed E-state index contributed by atoms with van der Waals surface area (Å²) in [5.41, 5.74) is 4.26. The molecule has 0 N–H and O–H groups in total. The molecule has 152 valence electrons. The molecule has 0 aliphatic rings. The van der Waals surface area contributed by atoms with Gasteiger partial charge < -0.3 is 9.47 Å². The lowest BCUT2D eigenvalue weighted by molar-refractivity contribution is 0.111. The third-order valence-corrected chi connectivity index (χ3v) is 5.48. The molecule has 0 amide bonds. The second-order valence-corrected chi connectivity index (χ2v) is 7.35. The van der Waals surface area contributed by atoms with Crippen molar-refractivity contribution in [3.05, 3.63) is 71.9 Å². The number of aldehydes is 1. The molecule has 0 unspecified atom stereocenters. The van der Waals surface area contributed by atoms with Gasteiger partial charge in [-0.25, -0.2) is 4.98 Å². The van der Waals surface area contributed by atoms with Crippen LogP contribution >= 0.6 is 11.3 Å². The molecule has 0 bridgehead atoms. The van der Waals surface area contributed by atoms with Crippen LogP contribution in [0.25, 0.3) is 27.5 Å². The second-order valence-electron chi connectivity index (χ2n) is 6.51. The van der Waals surface area contributed by atoms with Crippen LogP contribution in [0.1, 0.15) is 24.3 Å². The fourth-order valence-corrected chi connectivity index (χ4v) is 4.14. The summed E-state index contributed by atoms with van der Waals surface area (Å²) < 4.78 is 13.7. The van der Waals surface area contributed by atoms with Crippen LogP contribution in [0.5, 0.6) is 11.5 Å². The highest BCUT2D eigenvalue weighted by Crippen LogP contribution is 2.41. The number of benzene rings is 2. The number of aromatic nitrogens is 2. The summed E-state index contributed by atoms with van der Waals surface area (Å²) >= 11 is 1.47. The fourth-order valence-electron chi connectivity index (χ4n) is 3.32. The van der Waals surface area contributed by atoms with Crippen LogP contribution in [-0.2, 0) is 0 Å². The van der Waals surface area contributed by atoms with Gasteiger partial charge in [-0.05, 0) is 43.7 Å². The van der Waals surface area contributed by atoms with Crippen molar-refractivity contribution in [1.82, 2.24) is 9.55 Å². The first-order chi connectivity index (χ1) is 14.7. The minimum Gasteiger partial charge on any atom is -0.493 e. The van der Waals surface area contributed by atoms with E-state index in [0.717, 1.165) is 45.3 Å². The van der Waals surface area contributed by atoms with Crippen molar-refractivity contribution in [3.8, 4) is 39.0 Å². The number of carbonyl (C=O) groups is 1. The van der Waals surface area contributed by atoms with E-state index in [9.17, 15) is 4.79 Å². The Hall–Kier alpha value is -3.38. The van der Waals surface area contributed by atoms with Crippen LogP contribution < -0.4 is 9.47 Å². The Morgan fingerprint density at radius 1 is 0.967 bits per heavy atom. The highest BCUT2D eigenvalue weighted by Gasteiger charge is 2.18. The number of ether oxygens (including phenoxy) is 2. The van der Waals surface area contributed by atoms with Gasteiger partial charge in [0.25, 0.3) is 0 Å². The van der Waals surface area contributed by atoms with Gasteiger partial charge in [0.15, 0.2) is 11.4 Å². The molecule has 0 radical (unpaired) electrons. The maximum absolute atomic E-state index is 11.3. The smallest absolute Gasteiger partial charge is 0.194 e. The Bertz CT molecular complexity index is 1150. The monoisotopic (exact) mass is 418 g/mol. The van der Waals surface area contributed by atoms with Gasteiger partial charge in [-0.15, -0.1) is 11.3 Å². The van der Waals surface area contributed by atoms with E-state index in [1.165, 1.54) is 11.3 Å². The first-order valence-electron chi connectivity index (χ1n) is 9.83. The van der Waals surface area contributed by atoms with E-state index in [1.807, 2.05) is 61.8 Å². The molecule has 4 rings (SSSR count). The van der Waals surface area contributed by atoms with Crippen molar-refractivity contribution in [1.29, 1.82) is 0 Å². The Morgan fingerprint density at radius 2 is 1.67 bits per heavy atom. The standard InChI is InChI=1S/C24H22N2O3S/c1-3-28-22-14-20(21-16-30-24(25-21)26-12-8-11-18(26)15-27)23(29-4-2)13-19(22)17-9-6-5-7-10-17/h5-16H,3-4H2,1-2H3. The van der Waals surface area contributed by atoms with Crippen LogP contribution in [0.15, 0.2) is 66.2 Å². The first kappa shape index (κ1) is 19.9. The van der Waals surface area contributed by atoms with Crippen LogP contribution in [0.2, 0.25) is 0 Å². The van der Waals surface area contributed by atoms with Crippen LogP contribution in [0, 0.1) is 0 Å². The Labute approximate surface area is 179 Å². The van der Waals surface area contributed by atoms with Crippen molar-refractivity contribution in [2.24, 2.45) is 0 Å². The van der Waals surface area contributed by atoms with Crippen molar-refractivity contribution in [2.45, 2.75) is 13.8 Å². The van der Waals surface area contributed by atoms with Crippen molar-refractivity contribution >= 4 is 17.6 Å². The minimum atomic E-state index is 0.541. The summed E-state index contributed by atoms with van der Waals surface area (Å²) in [4.78, 5) is 16.1. The highest BCUT2D eigenvalue weighted by molar-refractivity contribution is 7.12. The molecule has 30 heavy (non-hydrogen) atoms. The molecule has 0 aliphatic carbocycles. The minimum absolute atomic E-state index is 0.541. The zero-order valence-corrected chi connectivity index (χ0v) is 17.7. The van der Waals surface area contributed by atoms with Gasteiger partial charge in [0.1, 0.15) is 11.5 Å². The molecule has 0 fully saturated rings. The van der Waals surface area contributed by atoms with E-state index in [4.69, 9.17) is 14.5 Å². The van der Waals surface area contributed by atoms with Crippen LogP contribution in [0.3, 0.4) is 0 Å². The van der Waals surface area contributed by atoms with E-state index in [1.54, 1.807) is 10.6 Å². The molecule has 0 aliphatic heterocycles. The van der Waals surface area contributed by atoms with Crippen LogP contribution in [0.4, 0.5) is 0 Å². The largest absolute Gasteiger partial charge is 0.493 e. The van der Waals surface area contributed by atoms with E-state index in [-0.39, 0.29) is 0 Å². The molecular weight excluding hydrogens is 396 g/mol. The number of hydrogen-bond acceptors (Lipinski definition) is 5. The van der Waals surface area contributed by atoms with Gasteiger partial charge in [0, 0.05) is 22.7 Å². The molecule has 6 heteroatoms. The number of carbonyl (C=O) groups excluding carboxylic acids is 1. The summed E-state index contributed by atoms with van der Waals surface area (Å²) in [6.45, 7) is 5.03. The number of thiazole rings is 1. The average Bonchev–Trinajstić information content (AvgIpc) is 3.44. The number of hydrogen-bond donors (Lipinski definition) is 0. The SMILES string of the molecule is CCOc1cc(-c2csc(-n3cccc3C=O)n2)c(OCC)cc1-c1ccccc1. The topological polar surface area (TPSA) is 53.4 Å². The van der Waals surface area contributed by atoms with E-state index >= 15 is 0 Å². The zero-order chi connectivity index (χ0) is 20.9. The van der Waals surface area contributed by atoms with Crippen LogP contribution in [-0.4, -0.2) is 29.1 Å². The third-order valence-electron chi connectivity index (χ3n) is 4.64. The second kappa shape index (κ2) is 8.97. The van der Waals surface area contributed by atoms with Crippen molar-refractivity contribution in [2.75, 3.05) is 13.2 Å². The molecule has 2 aromatic carbocycles. The fraction of sp³-hybridized carbons (Fsp3) is 0.167. The molecule has 0 saturated heterocycles. The van der Waals surface area contributed by atoms with Gasteiger partial charge in [0.05, 0.1) is 24.6 Å². The van der Waals surface area contributed by atoms with E-state index in [2.05, 4.69) is 12.1 Å². The maximum Gasteiger partial charge on any atom is 0.194 e. The van der Waals surface area contributed by atoms with E-state index < -0.39 is 0 Å². The van der Waals surface area contributed by atoms with Gasteiger partial charge in [-0.2, -0.15) is 0 Å². The highest BCUT2D eigenvalue weighted by atomic mass is 32.1. The summed E-state index contributed by atoms with van der Waals surface area (Å²) in [6, 6.07) is 17.7. The molecule has 0 saturated carbocycles. The first-order valence-corrected chi connectivity index (χ1v) is 10.7. The molecule has 0 spiro atoms. The summed E-state index contributed by atoms with van der Waals surface area (Å²) in [6.07, 6.45) is 2.66. The molecule has 5 nitrogen and oxygen atoms in total. The Morgan fingerprint density at radius 3 is 2.37 bits per heavy atom. The lowest BCUT2D eigenvalue weighted by Crippen LogP contribution is -2.00. The van der Waals surface area contributed by atoms with Gasteiger partial charge in [-0.3, -0.25) is 9.36 Å². The Balaban J connectivity index is 1.83. The normalized spacial score (nSPS) is 10.7. The van der Waals surface area contributed by atoms with Gasteiger partial charge in [-0.1, -0.05) is 30.3 Å². The molecular formula is C24H22N2O3S. The maximum atomic E-state index is 11.3. The summed E-state index contributed by atoms with van der Waals surface area (Å²) in [5, 5.41) is 2.70. The van der Waals surface area contributed by atoms with Gasteiger partial charge >= 0.3 is 0 Å². The van der Waals surface area contributed by atoms with Crippen molar-refractivity contribution in [3.63, 3.8) is 0 Å². The average molecular weight is 419 g/mol.